The number of hydrogen-bond acceptors (Lipinski definition) is 5. The number of nitrogens with zero attached hydrogens (tertiary/aromatic N) is 3. The number of hydrogen-bond donors (Lipinski definition) is 0. The first-order valence-electron chi connectivity index (χ1n) is 4.66. The Hall–Kier alpha value is -2.24. The van der Waals surface area contributed by atoms with E-state index in [9.17, 15) is 14.7 Å². The van der Waals surface area contributed by atoms with Crippen LogP contribution in [0.3, 0.4) is 0 Å². The lowest BCUT2D eigenvalue weighted by atomic mass is 10.2. The van der Waals surface area contributed by atoms with Gasteiger partial charge < -0.3 is 9.90 Å². The first kappa shape index (κ1) is 10.3. The summed E-state index contributed by atoms with van der Waals surface area (Å²) in [5.41, 5.74) is -0.0448. The normalized spacial score (nSPS) is 12.6. The Bertz CT molecular complexity index is 606. The maximum atomic E-state index is 11.8. The zero-order valence-corrected chi connectivity index (χ0v) is 8.45. The summed E-state index contributed by atoms with van der Waals surface area (Å²) in [7, 11) is 0. The first-order chi connectivity index (χ1) is 7.61. The van der Waals surface area contributed by atoms with Gasteiger partial charge in [0.1, 0.15) is 5.52 Å². The van der Waals surface area contributed by atoms with E-state index in [-0.39, 0.29) is 0 Å². The van der Waals surface area contributed by atoms with Gasteiger partial charge in [0.15, 0.2) is 0 Å². The van der Waals surface area contributed by atoms with Gasteiger partial charge in [0.25, 0.3) is 5.56 Å². The van der Waals surface area contributed by atoms with E-state index in [1.54, 1.807) is 24.3 Å². The number of carboxylic acids is 1. The summed E-state index contributed by atoms with van der Waals surface area (Å²) >= 11 is 0. The molecule has 0 aliphatic carbocycles. The Kier molecular flexibility index (Phi) is 2.40. The fraction of sp³-hybridized carbons (Fsp3) is 0.200. The maximum Gasteiger partial charge on any atom is 0.278 e. The van der Waals surface area contributed by atoms with E-state index >= 15 is 0 Å². The quantitative estimate of drug-likeness (QED) is 0.652. The number of carboxylic acid groups (broad SMARTS) is 1. The van der Waals surface area contributed by atoms with Crippen molar-refractivity contribution in [3.05, 3.63) is 34.6 Å². The lowest BCUT2D eigenvalue weighted by Gasteiger charge is -2.13. The van der Waals surface area contributed by atoms with Gasteiger partial charge in [-0.2, -0.15) is 0 Å². The number of carbonyl (C=O) groups excluding carboxylic acids is 1. The van der Waals surface area contributed by atoms with Gasteiger partial charge in [-0.15, -0.1) is 5.10 Å². The summed E-state index contributed by atoms with van der Waals surface area (Å²) in [6.07, 6.45) is 0. The molecule has 0 N–H and O–H groups in total. The summed E-state index contributed by atoms with van der Waals surface area (Å²) in [6.45, 7) is 1.32. The van der Waals surface area contributed by atoms with Crippen LogP contribution in [0.5, 0.6) is 0 Å². The van der Waals surface area contributed by atoms with Gasteiger partial charge in [-0.05, 0) is 19.1 Å². The molecule has 2 rings (SSSR count). The van der Waals surface area contributed by atoms with Crippen LogP contribution in [0.25, 0.3) is 10.9 Å². The van der Waals surface area contributed by atoms with Crippen LogP contribution in [0, 0.1) is 0 Å². The van der Waals surface area contributed by atoms with Crippen molar-refractivity contribution in [2.75, 3.05) is 0 Å². The second-order valence-corrected chi connectivity index (χ2v) is 3.35. The summed E-state index contributed by atoms with van der Waals surface area (Å²) in [5.74, 6) is -1.37. The number of aromatic nitrogens is 3. The number of fused-ring (bicyclic) bond motifs is 1. The Morgan fingerprint density at radius 2 is 2.12 bits per heavy atom. The smallest absolute Gasteiger partial charge is 0.278 e. The summed E-state index contributed by atoms with van der Waals surface area (Å²) < 4.78 is 0.803. The minimum Gasteiger partial charge on any atom is -0.548 e. The molecule has 1 aromatic heterocycles. The fourth-order valence-electron chi connectivity index (χ4n) is 1.36. The lowest BCUT2D eigenvalue weighted by Crippen LogP contribution is -2.38. The van der Waals surface area contributed by atoms with E-state index in [0.29, 0.717) is 10.9 Å². The molecule has 1 atom stereocenters. The minimum absolute atomic E-state index is 0.339. The van der Waals surface area contributed by atoms with Gasteiger partial charge in [0, 0.05) is 0 Å². The predicted octanol–water partition coefficient (Wildman–Crippen LogP) is -0.898. The zero-order chi connectivity index (χ0) is 11.7. The van der Waals surface area contributed by atoms with Gasteiger partial charge in [0.05, 0.1) is 17.4 Å². The summed E-state index contributed by atoms with van der Waals surface area (Å²) in [4.78, 5) is 22.5. The van der Waals surface area contributed by atoms with E-state index in [0.717, 1.165) is 4.68 Å². The van der Waals surface area contributed by atoms with Gasteiger partial charge in [0.2, 0.25) is 0 Å². The van der Waals surface area contributed by atoms with Crippen molar-refractivity contribution in [1.82, 2.24) is 15.0 Å². The topological polar surface area (TPSA) is 87.9 Å². The largest absolute Gasteiger partial charge is 0.548 e. The predicted molar refractivity (Wildman–Crippen MR) is 53.5 cm³/mol. The van der Waals surface area contributed by atoms with E-state index in [1.807, 2.05) is 0 Å². The molecule has 0 saturated heterocycles. The van der Waals surface area contributed by atoms with Gasteiger partial charge in [-0.1, -0.05) is 17.3 Å². The molecule has 0 aliphatic heterocycles. The highest BCUT2D eigenvalue weighted by Crippen LogP contribution is 2.05. The molecule has 1 aromatic carbocycles. The number of benzene rings is 1. The number of aliphatic carboxylic acids is 1. The molecule has 0 unspecified atom stereocenters. The fourth-order valence-corrected chi connectivity index (χ4v) is 1.36. The average Bonchev–Trinajstić information content (AvgIpc) is 2.29. The van der Waals surface area contributed by atoms with Crippen molar-refractivity contribution in [3.8, 4) is 0 Å². The molecule has 0 aliphatic rings. The zero-order valence-electron chi connectivity index (χ0n) is 8.45. The van der Waals surface area contributed by atoms with E-state index in [4.69, 9.17) is 0 Å². The van der Waals surface area contributed by atoms with Crippen LogP contribution in [0.4, 0.5) is 0 Å². The SMILES string of the molecule is C[C@@H](C(=O)[O-])n1nnc2ccccc2c1=O. The highest BCUT2D eigenvalue weighted by molar-refractivity contribution is 5.77. The van der Waals surface area contributed by atoms with Crippen molar-refractivity contribution < 1.29 is 9.90 Å². The van der Waals surface area contributed by atoms with Crippen molar-refractivity contribution in [2.45, 2.75) is 13.0 Å². The second kappa shape index (κ2) is 3.73. The van der Waals surface area contributed by atoms with Crippen LogP contribution >= 0.6 is 0 Å². The summed E-state index contributed by atoms with van der Waals surface area (Å²) in [5, 5.41) is 18.3. The van der Waals surface area contributed by atoms with Crippen molar-refractivity contribution in [3.63, 3.8) is 0 Å². The molecule has 82 valence electrons. The molecule has 1 heterocycles. The second-order valence-electron chi connectivity index (χ2n) is 3.35. The van der Waals surface area contributed by atoms with Crippen LogP contribution in [0.15, 0.2) is 29.1 Å². The molecule has 0 fully saturated rings. The molecule has 0 amide bonds. The first-order valence-corrected chi connectivity index (χ1v) is 4.66. The Labute approximate surface area is 90.1 Å². The number of carbonyl (C=O) groups is 1. The van der Waals surface area contributed by atoms with Crippen molar-refractivity contribution in [2.24, 2.45) is 0 Å². The molecule has 6 heteroatoms. The van der Waals surface area contributed by atoms with Crippen LogP contribution < -0.4 is 10.7 Å². The van der Waals surface area contributed by atoms with Crippen LogP contribution in [-0.4, -0.2) is 21.0 Å². The molecule has 0 radical (unpaired) electrons. The molecule has 16 heavy (non-hydrogen) atoms. The Balaban J connectivity index is 2.70. The molecule has 6 nitrogen and oxygen atoms in total. The molecule has 0 spiro atoms. The van der Waals surface area contributed by atoms with Gasteiger partial charge in [-0.3, -0.25) is 4.79 Å². The van der Waals surface area contributed by atoms with Crippen molar-refractivity contribution >= 4 is 16.9 Å². The van der Waals surface area contributed by atoms with E-state index < -0.39 is 17.6 Å². The standard InChI is InChI=1S/C10H9N3O3/c1-6(10(15)16)13-9(14)7-4-2-3-5-8(7)11-12-13/h2-6H,1H3,(H,15,16)/p-1/t6-/m0/s1. The van der Waals surface area contributed by atoms with Gasteiger partial charge >= 0.3 is 0 Å². The summed E-state index contributed by atoms with van der Waals surface area (Å²) in [6, 6.07) is 5.48. The Morgan fingerprint density at radius 1 is 1.44 bits per heavy atom. The van der Waals surface area contributed by atoms with Crippen molar-refractivity contribution in [1.29, 1.82) is 0 Å². The molecule has 2 aromatic rings. The molecular formula is C10H8N3O3-. The Morgan fingerprint density at radius 3 is 2.81 bits per heavy atom. The average molecular weight is 218 g/mol. The highest BCUT2D eigenvalue weighted by atomic mass is 16.4. The molecular weight excluding hydrogens is 210 g/mol. The van der Waals surface area contributed by atoms with Crippen LogP contribution in [0.1, 0.15) is 13.0 Å². The van der Waals surface area contributed by atoms with Crippen LogP contribution in [0.2, 0.25) is 0 Å². The van der Waals surface area contributed by atoms with Gasteiger partial charge in [-0.25, -0.2) is 4.68 Å². The monoisotopic (exact) mass is 218 g/mol. The van der Waals surface area contributed by atoms with E-state index in [1.165, 1.54) is 6.92 Å². The lowest BCUT2D eigenvalue weighted by molar-refractivity contribution is -0.310. The minimum atomic E-state index is -1.37. The van der Waals surface area contributed by atoms with E-state index in [2.05, 4.69) is 10.3 Å². The number of rotatable bonds is 2. The maximum absolute atomic E-state index is 11.8. The third-order valence-corrected chi connectivity index (χ3v) is 2.30. The molecule has 0 bridgehead atoms. The highest BCUT2D eigenvalue weighted by Gasteiger charge is 2.11. The third-order valence-electron chi connectivity index (χ3n) is 2.30. The molecule has 0 saturated carbocycles. The third kappa shape index (κ3) is 1.54. The van der Waals surface area contributed by atoms with Crippen LogP contribution in [-0.2, 0) is 4.79 Å².